The van der Waals surface area contributed by atoms with Crippen LogP contribution in [0.5, 0.6) is 5.75 Å². The van der Waals surface area contributed by atoms with Crippen LogP contribution in [0.25, 0.3) is 5.57 Å². The Kier molecular flexibility index (Phi) is 7.21. The molecule has 1 aliphatic heterocycles. The maximum atomic E-state index is 10.6. The number of rotatable bonds is 5. The zero-order chi connectivity index (χ0) is 21.6. The molecule has 0 unspecified atom stereocenters. The van der Waals surface area contributed by atoms with Gasteiger partial charge in [-0.25, -0.2) is 0 Å². The van der Waals surface area contributed by atoms with Gasteiger partial charge in [-0.05, 0) is 56.0 Å². The van der Waals surface area contributed by atoms with Crippen LogP contribution in [0, 0.1) is 0 Å². The average Bonchev–Trinajstić information content (AvgIpc) is 3.20. The molecule has 0 amide bonds. The third kappa shape index (κ3) is 4.87. The first-order valence-electron chi connectivity index (χ1n) is 10.7. The number of aromatic hydroxyl groups is 1. The first-order valence-corrected chi connectivity index (χ1v) is 10.7. The molecule has 2 N–H and O–H groups in total. The Labute approximate surface area is 179 Å². The van der Waals surface area contributed by atoms with E-state index in [0.29, 0.717) is 11.3 Å². The number of allylic oxidation sites excluding steroid dienone is 3. The molecular formula is C24H33N5O. The minimum Gasteiger partial charge on any atom is -0.507 e. The molecule has 2 aliphatic rings. The lowest BCUT2D eigenvalue weighted by Gasteiger charge is -2.42. The molecule has 0 aromatic heterocycles. The van der Waals surface area contributed by atoms with Gasteiger partial charge >= 0.3 is 0 Å². The standard InChI is InChI=1S/C24H33N5O/c1-5-19(16-25-4)20-9-10-21(23(30)15-20)22(6-2)28-27-18(3)29-14-13-26-24(17-29)11-7-8-12-24/h5-6,9-10,15-16,26,30H,2,7-8,11-14,17H2,1,3-4H3/b19-5+,25-16?,27-18+,28-22+. The first-order chi connectivity index (χ1) is 14.5. The van der Waals surface area contributed by atoms with Gasteiger partial charge in [0.25, 0.3) is 0 Å². The summed E-state index contributed by atoms with van der Waals surface area (Å²) in [7, 11) is 1.73. The van der Waals surface area contributed by atoms with Gasteiger partial charge in [0.15, 0.2) is 0 Å². The normalized spacial score (nSPS) is 20.4. The number of aliphatic imine (C=N–C) groups is 1. The average molecular weight is 408 g/mol. The minimum atomic E-state index is 0.148. The molecule has 160 valence electrons. The molecule has 1 aliphatic carbocycles. The summed E-state index contributed by atoms with van der Waals surface area (Å²) in [5.41, 5.74) is 3.25. The summed E-state index contributed by atoms with van der Waals surface area (Å²) in [4.78, 5) is 6.38. The first kappa shape index (κ1) is 22.0. The molecule has 30 heavy (non-hydrogen) atoms. The maximum Gasteiger partial charge on any atom is 0.125 e. The highest BCUT2D eigenvalue weighted by atomic mass is 16.3. The van der Waals surface area contributed by atoms with Gasteiger partial charge in [-0.3, -0.25) is 4.99 Å². The fourth-order valence-corrected chi connectivity index (χ4v) is 4.40. The van der Waals surface area contributed by atoms with Crippen molar-refractivity contribution in [3.8, 4) is 5.75 Å². The van der Waals surface area contributed by atoms with E-state index < -0.39 is 0 Å². The lowest BCUT2D eigenvalue weighted by Crippen LogP contribution is -2.59. The molecule has 1 spiro atoms. The van der Waals surface area contributed by atoms with Crippen LogP contribution in [0.4, 0.5) is 0 Å². The van der Waals surface area contributed by atoms with Crippen LogP contribution < -0.4 is 5.32 Å². The third-order valence-electron chi connectivity index (χ3n) is 6.08. The molecular weight excluding hydrogens is 374 g/mol. The number of piperazine rings is 1. The lowest BCUT2D eigenvalue weighted by molar-refractivity contribution is 0.195. The van der Waals surface area contributed by atoms with Crippen LogP contribution in [-0.2, 0) is 0 Å². The van der Waals surface area contributed by atoms with Crippen molar-refractivity contribution in [3.63, 3.8) is 0 Å². The number of benzene rings is 1. The number of amidine groups is 1. The summed E-state index contributed by atoms with van der Waals surface area (Å²) in [6.07, 6.45) is 10.4. The van der Waals surface area contributed by atoms with E-state index in [1.807, 2.05) is 32.1 Å². The Balaban J connectivity index is 1.80. The topological polar surface area (TPSA) is 72.6 Å². The molecule has 1 heterocycles. The number of hydrogen-bond acceptors (Lipinski definition) is 5. The Bertz CT molecular complexity index is 891. The third-order valence-corrected chi connectivity index (χ3v) is 6.08. The van der Waals surface area contributed by atoms with Crippen LogP contribution in [0.1, 0.15) is 50.7 Å². The van der Waals surface area contributed by atoms with E-state index in [-0.39, 0.29) is 11.3 Å². The van der Waals surface area contributed by atoms with Gasteiger partial charge in [0.1, 0.15) is 11.6 Å². The molecule has 1 saturated heterocycles. The van der Waals surface area contributed by atoms with E-state index in [4.69, 9.17) is 0 Å². The summed E-state index contributed by atoms with van der Waals surface area (Å²) >= 11 is 0. The fourth-order valence-electron chi connectivity index (χ4n) is 4.40. The zero-order valence-corrected chi connectivity index (χ0v) is 18.4. The molecule has 0 radical (unpaired) electrons. The second-order valence-electron chi connectivity index (χ2n) is 8.04. The highest BCUT2D eigenvalue weighted by molar-refractivity contribution is 6.12. The Morgan fingerprint density at radius 1 is 1.27 bits per heavy atom. The summed E-state index contributed by atoms with van der Waals surface area (Å²) in [6, 6.07) is 5.52. The van der Waals surface area contributed by atoms with E-state index in [9.17, 15) is 5.11 Å². The Morgan fingerprint density at radius 3 is 2.67 bits per heavy atom. The lowest BCUT2D eigenvalue weighted by atomic mass is 9.94. The quantitative estimate of drug-likeness (QED) is 0.440. The number of hydrogen-bond donors (Lipinski definition) is 2. The van der Waals surface area contributed by atoms with Crippen LogP contribution in [0.2, 0.25) is 0 Å². The number of phenolic OH excluding ortho intramolecular Hbond substituents is 1. The SMILES string of the molecule is C=C/C(=N\N=C(/C)N1CCNC2(CCCC2)C1)c1ccc(/C(C=NC)=C/C)cc1O. The predicted molar refractivity (Wildman–Crippen MR) is 127 cm³/mol. The van der Waals surface area contributed by atoms with Crippen molar-refractivity contribution in [1.29, 1.82) is 0 Å². The van der Waals surface area contributed by atoms with Crippen LogP contribution in [0.3, 0.4) is 0 Å². The number of nitrogens with zero attached hydrogens (tertiary/aromatic N) is 4. The zero-order valence-electron chi connectivity index (χ0n) is 18.4. The van der Waals surface area contributed by atoms with Gasteiger partial charge in [0.05, 0.1) is 5.71 Å². The molecule has 1 aromatic carbocycles. The van der Waals surface area contributed by atoms with Crippen molar-refractivity contribution >= 4 is 23.3 Å². The van der Waals surface area contributed by atoms with E-state index in [2.05, 4.69) is 32.0 Å². The van der Waals surface area contributed by atoms with Gasteiger partial charge in [-0.15, -0.1) is 10.2 Å². The molecule has 6 nitrogen and oxygen atoms in total. The highest BCUT2D eigenvalue weighted by Crippen LogP contribution is 2.32. The van der Waals surface area contributed by atoms with Gasteiger partial charge in [0, 0.05) is 44.0 Å². The van der Waals surface area contributed by atoms with Crippen LogP contribution in [0.15, 0.2) is 52.1 Å². The van der Waals surface area contributed by atoms with Crippen molar-refractivity contribution in [1.82, 2.24) is 10.2 Å². The Hall–Kier alpha value is -2.73. The van der Waals surface area contributed by atoms with E-state index in [1.54, 1.807) is 25.4 Å². The van der Waals surface area contributed by atoms with Gasteiger partial charge in [-0.2, -0.15) is 0 Å². The van der Waals surface area contributed by atoms with Gasteiger partial charge < -0.3 is 15.3 Å². The predicted octanol–water partition coefficient (Wildman–Crippen LogP) is 4.02. The van der Waals surface area contributed by atoms with Crippen LogP contribution in [-0.4, -0.2) is 60.0 Å². The summed E-state index contributed by atoms with van der Waals surface area (Å²) in [5, 5.41) is 23.2. The fraction of sp³-hybridized carbons (Fsp3) is 0.458. The minimum absolute atomic E-state index is 0.148. The molecule has 6 heteroatoms. The van der Waals surface area contributed by atoms with Crippen molar-refractivity contribution < 1.29 is 5.11 Å². The molecule has 3 rings (SSSR count). The number of nitrogens with one attached hydrogen (secondary N) is 1. The molecule has 1 saturated carbocycles. The summed E-state index contributed by atoms with van der Waals surface area (Å²) in [5.74, 6) is 1.04. The second kappa shape index (κ2) is 9.85. The monoisotopic (exact) mass is 407 g/mol. The van der Waals surface area contributed by atoms with Crippen molar-refractivity contribution in [2.24, 2.45) is 15.2 Å². The molecule has 0 bridgehead atoms. The highest BCUT2D eigenvalue weighted by Gasteiger charge is 2.37. The van der Waals surface area contributed by atoms with Crippen LogP contribution >= 0.6 is 0 Å². The van der Waals surface area contributed by atoms with E-state index >= 15 is 0 Å². The van der Waals surface area contributed by atoms with E-state index in [1.165, 1.54) is 25.7 Å². The van der Waals surface area contributed by atoms with Gasteiger partial charge in [-0.1, -0.05) is 31.6 Å². The molecule has 1 aromatic rings. The van der Waals surface area contributed by atoms with Crippen molar-refractivity contribution in [3.05, 3.63) is 48.1 Å². The van der Waals surface area contributed by atoms with Crippen molar-refractivity contribution in [2.75, 3.05) is 26.7 Å². The van der Waals surface area contributed by atoms with Crippen molar-refractivity contribution in [2.45, 2.75) is 45.1 Å². The molecule has 0 atom stereocenters. The maximum absolute atomic E-state index is 10.6. The number of phenols is 1. The largest absolute Gasteiger partial charge is 0.507 e. The smallest absolute Gasteiger partial charge is 0.125 e. The molecule has 2 fully saturated rings. The Morgan fingerprint density at radius 2 is 2.03 bits per heavy atom. The second-order valence-corrected chi connectivity index (χ2v) is 8.04. The summed E-state index contributed by atoms with van der Waals surface area (Å²) in [6.45, 7) is 10.7. The summed E-state index contributed by atoms with van der Waals surface area (Å²) < 4.78 is 0. The van der Waals surface area contributed by atoms with E-state index in [0.717, 1.165) is 36.6 Å². The van der Waals surface area contributed by atoms with Gasteiger partial charge in [0.2, 0.25) is 0 Å².